The summed E-state index contributed by atoms with van der Waals surface area (Å²) in [6, 6.07) is 17.8. The molecule has 2 aromatic carbocycles. The molecule has 0 unspecified atom stereocenters. The normalized spacial score (nSPS) is 19.1. The summed E-state index contributed by atoms with van der Waals surface area (Å²) in [5, 5.41) is 4.95. The molecule has 0 radical (unpaired) electrons. The van der Waals surface area contributed by atoms with Gasteiger partial charge in [-0.25, -0.2) is 0 Å². The first-order valence-electron chi connectivity index (χ1n) is 9.50. The number of hydrogen-bond donors (Lipinski definition) is 0. The van der Waals surface area contributed by atoms with Crippen LogP contribution in [0, 0.1) is 5.92 Å². The van der Waals surface area contributed by atoms with Gasteiger partial charge in [0.05, 0.1) is 12.3 Å². The highest BCUT2D eigenvalue weighted by atomic mass is 35.5. The van der Waals surface area contributed by atoms with Crippen LogP contribution in [0.5, 0.6) is 0 Å². The lowest BCUT2D eigenvalue weighted by Gasteiger charge is -2.32. The molecule has 0 N–H and O–H groups in total. The number of nitrogens with zero attached hydrogens (tertiary/aromatic N) is 2. The number of benzene rings is 2. The Morgan fingerprint density at radius 2 is 1.96 bits per heavy atom. The van der Waals surface area contributed by atoms with Gasteiger partial charge in [0.1, 0.15) is 0 Å². The van der Waals surface area contributed by atoms with Gasteiger partial charge in [0.15, 0.2) is 6.10 Å². The second-order valence-electron chi connectivity index (χ2n) is 7.31. The van der Waals surface area contributed by atoms with Crippen molar-refractivity contribution in [2.24, 2.45) is 11.1 Å². The molecule has 1 heterocycles. The molecule has 0 saturated heterocycles. The molecule has 1 saturated carbocycles. The number of halogens is 1. The standard InChI is InChI=1S/C22H23ClN2O2/c23-19-11-4-6-16(12-19)14-25(22(26)18-9-5-10-18)15-20-13-21(24-27-20)17-7-2-1-3-8-17/h1-4,6-8,11-12,18,20H,5,9-10,13-15H2/t20-/m1/s1. The van der Waals surface area contributed by atoms with Crippen molar-refractivity contribution in [1.82, 2.24) is 4.90 Å². The Morgan fingerprint density at radius 3 is 2.67 bits per heavy atom. The zero-order chi connectivity index (χ0) is 18.6. The van der Waals surface area contributed by atoms with Crippen LogP contribution in [0.4, 0.5) is 0 Å². The van der Waals surface area contributed by atoms with Crippen molar-refractivity contribution in [2.45, 2.75) is 38.3 Å². The molecule has 5 heteroatoms. The highest BCUT2D eigenvalue weighted by molar-refractivity contribution is 6.30. The van der Waals surface area contributed by atoms with Gasteiger partial charge < -0.3 is 9.74 Å². The van der Waals surface area contributed by atoms with Gasteiger partial charge in [-0.1, -0.05) is 65.6 Å². The van der Waals surface area contributed by atoms with Gasteiger partial charge in [-0.2, -0.15) is 0 Å². The zero-order valence-corrected chi connectivity index (χ0v) is 15.9. The van der Waals surface area contributed by atoms with E-state index in [1.54, 1.807) is 0 Å². The van der Waals surface area contributed by atoms with Crippen LogP contribution in [0.1, 0.15) is 36.8 Å². The van der Waals surface area contributed by atoms with Crippen molar-refractivity contribution < 1.29 is 9.63 Å². The number of carbonyl (C=O) groups excluding carboxylic acids is 1. The molecule has 1 aliphatic carbocycles. The molecule has 4 nitrogen and oxygen atoms in total. The first kappa shape index (κ1) is 18.1. The third-order valence-electron chi connectivity index (χ3n) is 5.29. The summed E-state index contributed by atoms with van der Waals surface area (Å²) >= 11 is 6.12. The SMILES string of the molecule is O=C(C1CCC1)N(Cc1cccc(Cl)c1)C[C@H]1CC(c2ccccc2)=NO1. The van der Waals surface area contributed by atoms with E-state index < -0.39 is 0 Å². The fourth-order valence-corrected chi connectivity index (χ4v) is 3.79. The highest BCUT2D eigenvalue weighted by Crippen LogP contribution is 2.30. The van der Waals surface area contributed by atoms with Crippen LogP contribution < -0.4 is 0 Å². The van der Waals surface area contributed by atoms with Crippen molar-refractivity contribution >= 4 is 23.2 Å². The van der Waals surface area contributed by atoms with Gasteiger partial charge in [0.25, 0.3) is 0 Å². The largest absolute Gasteiger partial charge is 0.390 e. The molecule has 2 aliphatic rings. The van der Waals surface area contributed by atoms with E-state index >= 15 is 0 Å². The van der Waals surface area contributed by atoms with E-state index in [9.17, 15) is 4.79 Å². The molecule has 1 fully saturated rings. The van der Waals surface area contributed by atoms with E-state index in [1.165, 1.54) is 0 Å². The lowest BCUT2D eigenvalue weighted by Crippen LogP contribution is -2.42. The lowest BCUT2D eigenvalue weighted by molar-refractivity contribution is -0.140. The zero-order valence-electron chi connectivity index (χ0n) is 15.2. The number of carbonyl (C=O) groups is 1. The highest BCUT2D eigenvalue weighted by Gasteiger charge is 2.32. The van der Waals surface area contributed by atoms with Crippen LogP contribution in [0.2, 0.25) is 5.02 Å². The van der Waals surface area contributed by atoms with Crippen molar-refractivity contribution in [2.75, 3.05) is 6.54 Å². The number of amides is 1. The summed E-state index contributed by atoms with van der Waals surface area (Å²) in [7, 11) is 0. The second-order valence-corrected chi connectivity index (χ2v) is 7.75. The average molecular weight is 383 g/mol. The molecule has 1 atom stereocenters. The minimum absolute atomic E-state index is 0.108. The van der Waals surface area contributed by atoms with Crippen molar-refractivity contribution in [3.63, 3.8) is 0 Å². The Bertz CT molecular complexity index is 833. The second kappa shape index (κ2) is 8.13. The van der Waals surface area contributed by atoms with Gasteiger partial charge >= 0.3 is 0 Å². The summed E-state index contributed by atoms with van der Waals surface area (Å²) in [5.74, 6) is 0.373. The van der Waals surface area contributed by atoms with Gasteiger partial charge in [-0.15, -0.1) is 0 Å². The van der Waals surface area contributed by atoms with E-state index in [-0.39, 0.29) is 17.9 Å². The molecule has 0 aromatic heterocycles. The third kappa shape index (κ3) is 4.33. The van der Waals surface area contributed by atoms with Crippen LogP contribution in [-0.4, -0.2) is 29.2 Å². The molecule has 1 aliphatic heterocycles. The van der Waals surface area contributed by atoms with Gasteiger partial charge in [0.2, 0.25) is 5.91 Å². The van der Waals surface area contributed by atoms with Crippen LogP contribution >= 0.6 is 11.6 Å². The number of hydrogen-bond acceptors (Lipinski definition) is 3. The van der Waals surface area contributed by atoms with Crippen LogP contribution in [0.3, 0.4) is 0 Å². The lowest BCUT2D eigenvalue weighted by atomic mass is 9.84. The van der Waals surface area contributed by atoms with Crippen LogP contribution in [-0.2, 0) is 16.2 Å². The van der Waals surface area contributed by atoms with Crippen molar-refractivity contribution in [3.8, 4) is 0 Å². The first-order chi connectivity index (χ1) is 13.2. The first-order valence-corrected chi connectivity index (χ1v) is 9.88. The minimum Gasteiger partial charge on any atom is -0.390 e. The van der Waals surface area contributed by atoms with E-state index in [1.807, 2.05) is 59.5 Å². The van der Waals surface area contributed by atoms with E-state index in [0.717, 1.165) is 36.1 Å². The molecule has 0 bridgehead atoms. The topological polar surface area (TPSA) is 41.9 Å². The molecule has 140 valence electrons. The average Bonchev–Trinajstić information content (AvgIpc) is 3.09. The Morgan fingerprint density at radius 1 is 1.15 bits per heavy atom. The molecular weight excluding hydrogens is 360 g/mol. The van der Waals surface area contributed by atoms with Gasteiger partial charge in [-0.3, -0.25) is 4.79 Å². The Hall–Kier alpha value is -2.33. The molecule has 0 spiro atoms. The maximum Gasteiger partial charge on any atom is 0.226 e. The minimum atomic E-state index is -0.108. The molecule has 1 amide bonds. The summed E-state index contributed by atoms with van der Waals surface area (Å²) in [4.78, 5) is 20.5. The maximum absolute atomic E-state index is 13.0. The van der Waals surface area contributed by atoms with E-state index in [2.05, 4.69) is 5.16 Å². The number of rotatable bonds is 6. The third-order valence-corrected chi connectivity index (χ3v) is 5.53. The summed E-state index contributed by atoms with van der Waals surface area (Å²) < 4.78 is 0. The maximum atomic E-state index is 13.0. The van der Waals surface area contributed by atoms with Crippen molar-refractivity contribution in [3.05, 3.63) is 70.7 Å². The van der Waals surface area contributed by atoms with Gasteiger partial charge in [0, 0.05) is 23.9 Å². The molecule has 4 rings (SSSR count). The monoisotopic (exact) mass is 382 g/mol. The molecular formula is C22H23ClN2O2. The summed E-state index contributed by atoms with van der Waals surface area (Å²) in [6.45, 7) is 1.10. The van der Waals surface area contributed by atoms with E-state index in [4.69, 9.17) is 16.4 Å². The van der Waals surface area contributed by atoms with Gasteiger partial charge in [-0.05, 0) is 36.1 Å². The predicted molar refractivity (Wildman–Crippen MR) is 107 cm³/mol. The fourth-order valence-electron chi connectivity index (χ4n) is 3.57. The number of oxime groups is 1. The van der Waals surface area contributed by atoms with Crippen molar-refractivity contribution in [1.29, 1.82) is 0 Å². The van der Waals surface area contributed by atoms with Crippen LogP contribution in [0.25, 0.3) is 0 Å². The Labute approximate surface area is 164 Å². The molecule has 27 heavy (non-hydrogen) atoms. The quantitative estimate of drug-likeness (QED) is 0.729. The summed E-state index contributed by atoms with van der Waals surface area (Å²) in [6.07, 6.45) is 3.73. The van der Waals surface area contributed by atoms with E-state index in [0.29, 0.717) is 24.5 Å². The Balaban J connectivity index is 1.44. The fraction of sp³-hybridized carbons (Fsp3) is 0.364. The predicted octanol–water partition coefficient (Wildman–Crippen LogP) is 4.66. The Kier molecular flexibility index (Phi) is 5.44. The molecule has 2 aromatic rings. The van der Waals surface area contributed by atoms with Crippen LogP contribution in [0.15, 0.2) is 59.8 Å². The summed E-state index contributed by atoms with van der Waals surface area (Å²) in [5.41, 5.74) is 3.06. The smallest absolute Gasteiger partial charge is 0.226 e.